The molecule has 35 heavy (non-hydrogen) atoms. The first-order valence-electron chi connectivity index (χ1n) is 11.4. The Hall–Kier alpha value is -4.20. The van der Waals surface area contributed by atoms with Gasteiger partial charge >= 0.3 is 0 Å². The lowest BCUT2D eigenvalue weighted by atomic mass is 9.96. The van der Waals surface area contributed by atoms with Crippen LogP contribution in [0.25, 0.3) is 22.2 Å². The summed E-state index contributed by atoms with van der Waals surface area (Å²) in [6, 6.07) is 13.8. The average Bonchev–Trinajstić information content (AvgIpc) is 2.90. The smallest absolute Gasteiger partial charge is 0.251 e. The maximum atomic E-state index is 14.4. The quantitative estimate of drug-likeness (QED) is 0.351. The molecule has 0 saturated heterocycles. The number of hydrogen-bond acceptors (Lipinski definition) is 6. The summed E-state index contributed by atoms with van der Waals surface area (Å²) in [5, 5.41) is 6.78. The number of ketones is 1. The Morgan fingerprint density at radius 2 is 1.86 bits per heavy atom. The highest BCUT2D eigenvalue weighted by molar-refractivity contribution is 6.06. The van der Waals surface area contributed by atoms with Crippen LogP contribution in [0.5, 0.6) is 0 Å². The lowest BCUT2D eigenvalue weighted by molar-refractivity contribution is 0.0961. The maximum Gasteiger partial charge on any atom is 0.251 e. The number of nitrogens with zero attached hydrogens (tertiary/aromatic N) is 3. The fourth-order valence-corrected chi connectivity index (χ4v) is 4.00. The van der Waals surface area contributed by atoms with Crippen molar-refractivity contribution in [2.45, 2.75) is 26.2 Å². The van der Waals surface area contributed by atoms with Gasteiger partial charge in [0, 0.05) is 49.1 Å². The number of nitrogens with one attached hydrogen (secondary N) is 2. The molecule has 4 rings (SSSR count). The second-order valence-electron chi connectivity index (χ2n) is 8.22. The van der Waals surface area contributed by atoms with Crippen LogP contribution >= 0.6 is 0 Å². The molecule has 7 nitrogen and oxygen atoms in total. The van der Waals surface area contributed by atoms with Crippen LogP contribution in [-0.4, -0.2) is 40.2 Å². The van der Waals surface area contributed by atoms with Crippen LogP contribution in [0.1, 0.15) is 52.5 Å². The predicted molar refractivity (Wildman–Crippen MR) is 134 cm³/mol. The van der Waals surface area contributed by atoms with Crippen molar-refractivity contribution in [3.63, 3.8) is 0 Å². The summed E-state index contributed by atoms with van der Waals surface area (Å²) in [6.45, 7) is 4.32. The molecule has 2 N–H and O–H groups in total. The van der Waals surface area contributed by atoms with Crippen molar-refractivity contribution >= 4 is 28.4 Å². The number of halogens is 1. The van der Waals surface area contributed by atoms with Crippen LogP contribution in [-0.2, 0) is 0 Å². The Morgan fingerprint density at radius 3 is 2.60 bits per heavy atom. The first-order valence-corrected chi connectivity index (χ1v) is 11.4. The summed E-state index contributed by atoms with van der Waals surface area (Å²) in [5.41, 5.74) is 3.57. The molecule has 0 unspecified atom stereocenters. The van der Waals surface area contributed by atoms with Crippen LogP contribution in [0, 0.1) is 5.82 Å². The van der Waals surface area contributed by atoms with Gasteiger partial charge < -0.3 is 10.6 Å². The van der Waals surface area contributed by atoms with Crippen molar-refractivity contribution in [1.29, 1.82) is 0 Å². The van der Waals surface area contributed by atoms with Gasteiger partial charge in [0.2, 0.25) is 0 Å². The zero-order valence-corrected chi connectivity index (χ0v) is 19.8. The molecule has 8 heteroatoms. The highest BCUT2D eigenvalue weighted by Crippen LogP contribution is 2.27. The van der Waals surface area contributed by atoms with Crippen molar-refractivity contribution in [3.8, 4) is 11.3 Å². The number of rotatable bonds is 8. The highest BCUT2D eigenvalue weighted by atomic mass is 19.1. The molecule has 0 aliphatic carbocycles. The third kappa shape index (κ3) is 5.01. The van der Waals surface area contributed by atoms with E-state index in [9.17, 15) is 14.0 Å². The Labute approximate surface area is 202 Å². The first kappa shape index (κ1) is 23.9. The molecule has 0 aliphatic rings. The number of hydrogen-bond donors (Lipinski definition) is 2. The number of pyridine rings is 1. The third-order valence-corrected chi connectivity index (χ3v) is 5.95. The lowest BCUT2D eigenvalue weighted by Crippen LogP contribution is -2.18. The monoisotopic (exact) mass is 471 g/mol. The zero-order valence-electron chi connectivity index (χ0n) is 19.8. The first-order chi connectivity index (χ1) is 16.9. The van der Waals surface area contributed by atoms with E-state index in [0.717, 1.165) is 16.5 Å². The molecule has 2 aromatic heterocycles. The standard InChI is InChI=1S/C27H26FN5O2/c1-4-24(34)21-9-8-17(12-22(21)28)23-13-25(33-15-32-23)31-14-16(2)18-6-5-7-19-20(27(35)29-3)10-11-30-26(18)19/h5-13,15-16H,4,14H2,1-3H3,(H,29,35)(H,31,32,33)/t16-/m1/s1. The minimum atomic E-state index is -0.560. The van der Waals surface area contributed by atoms with E-state index in [1.807, 2.05) is 18.2 Å². The van der Waals surface area contributed by atoms with Crippen LogP contribution in [0.2, 0.25) is 0 Å². The van der Waals surface area contributed by atoms with Crippen molar-refractivity contribution in [2.24, 2.45) is 0 Å². The van der Waals surface area contributed by atoms with Gasteiger partial charge in [0.1, 0.15) is 18.0 Å². The summed E-state index contributed by atoms with van der Waals surface area (Å²) in [6.07, 6.45) is 3.31. The highest BCUT2D eigenvalue weighted by Gasteiger charge is 2.16. The summed E-state index contributed by atoms with van der Waals surface area (Å²) < 4.78 is 14.4. The second-order valence-corrected chi connectivity index (χ2v) is 8.22. The Morgan fingerprint density at radius 1 is 1.03 bits per heavy atom. The number of carbonyl (C=O) groups excluding carboxylic acids is 2. The Bertz CT molecular complexity index is 1410. The zero-order chi connectivity index (χ0) is 24.9. The van der Waals surface area contributed by atoms with E-state index in [1.54, 1.807) is 38.4 Å². The van der Waals surface area contributed by atoms with Gasteiger partial charge in [0.15, 0.2) is 5.78 Å². The van der Waals surface area contributed by atoms with Gasteiger partial charge in [-0.05, 0) is 23.8 Å². The van der Waals surface area contributed by atoms with Gasteiger partial charge in [-0.2, -0.15) is 0 Å². The van der Waals surface area contributed by atoms with E-state index in [2.05, 4.69) is 32.5 Å². The van der Waals surface area contributed by atoms with Crippen LogP contribution in [0.15, 0.2) is 61.1 Å². The predicted octanol–water partition coefficient (Wildman–Crippen LogP) is 5.00. The van der Waals surface area contributed by atoms with Crippen LogP contribution < -0.4 is 10.6 Å². The number of Topliss-reactive ketones (excluding diaryl/α,β-unsaturated/α-hetero) is 1. The topological polar surface area (TPSA) is 96.9 Å². The Kier molecular flexibility index (Phi) is 7.10. The molecule has 178 valence electrons. The lowest BCUT2D eigenvalue weighted by Gasteiger charge is -2.16. The van der Waals surface area contributed by atoms with E-state index in [4.69, 9.17) is 0 Å². The molecule has 0 aliphatic heterocycles. The molecule has 0 spiro atoms. The molecule has 1 amide bonds. The molecule has 2 heterocycles. The van der Waals surface area contributed by atoms with Gasteiger partial charge in [0.05, 0.1) is 22.3 Å². The van der Waals surface area contributed by atoms with Gasteiger partial charge in [-0.25, -0.2) is 14.4 Å². The van der Waals surface area contributed by atoms with Crippen molar-refractivity contribution < 1.29 is 14.0 Å². The van der Waals surface area contributed by atoms with E-state index in [1.165, 1.54) is 18.5 Å². The number of para-hydroxylation sites is 1. The minimum Gasteiger partial charge on any atom is -0.369 e. The molecule has 2 aromatic carbocycles. The summed E-state index contributed by atoms with van der Waals surface area (Å²) in [7, 11) is 1.61. The summed E-state index contributed by atoms with van der Waals surface area (Å²) >= 11 is 0. The summed E-state index contributed by atoms with van der Waals surface area (Å²) in [5.74, 6) is -0.303. The number of fused-ring (bicyclic) bond motifs is 1. The largest absolute Gasteiger partial charge is 0.369 e. The number of aromatic nitrogens is 3. The van der Waals surface area contributed by atoms with Crippen molar-refractivity contribution in [2.75, 3.05) is 18.9 Å². The fourth-order valence-electron chi connectivity index (χ4n) is 4.00. The third-order valence-electron chi connectivity index (χ3n) is 5.95. The molecule has 0 bridgehead atoms. The van der Waals surface area contributed by atoms with E-state index >= 15 is 0 Å². The van der Waals surface area contributed by atoms with Gasteiger partial charge in [0.25, 0.3) is 5.91 Å². The molecular formula is C27H26FN5O2. The van der Waals surface area contributed by atoms with Crippen LogP contribution in [0.3, 0.4) is 0 Å². The molecule has 0 fully saturated rings. The van der Waals surface area contributed by atoms with E-state index in [0.29, 0.717) is 29.2 Å². The number of amides is 1. The van der Waals surface area contributed by atoms with E-state index in [-0.39, 0.29) is 29.6 Å². The number of benzene rings is 2. The number of anilines is 1. The van der Waals surface area contributed by atoms with E-state index < -0.39 is 5.82 Å². The second kappa shape index (κ2) is 10.4. The normalized spacial score (nSPS) is 11.8. The summed E-state index contributed by atoms with van der Waals surface area (Å²) in [4.78, 5) is 37.2. The Balaban J connectivity index is 1.54. The minimum absolute atomic E-state index is 0.0568. The molecular weight excluding hydrogens is 445 g/mol. The SMILES string of the molecule is CCC(=O)c1ccc(-c2cc(NC[C@@H](C)c3cccc4c(C(=O)NC)ccnc34)ncn2)cc1F. The molecule has 4 aromatic rings. The molecule has 1 atom stereocenters. The van der Waals surface area contributed by atoms with Gasteiger partial charge in [-0.15, -0.1) is 0 Å². The average molecular weight is 472 g/mol. The molecule has 0 saturated carbocycles. The van der Waals surface area contributed by atoms with Gasteiger partial charge in [-0.3, -0.25) is 14.6 Å². The maximum absolute atomic E-state index is 14.4. The van der Waals surface area contributed by atoms with Crippen molar-refractivity contribution in [1.82, 2.24) is 20.3 Å². The van der Waals surface area contributed by atoms with Crippen molar-refractivity contribution in [3.05, 3.63) is 83.6 Å². The molecule has 0 radical (unpaired) electrons. The fraction of sp³-hybridized carbons (Fsp3) is 0.222. The van der Waals surface area contributed by atoms with Crippen LogP contribution in [0.4, 0.5) is 10.2 Å². The number of carbonyl (C=O) groups is 2. The van der Waals surface area contributed by atoms with Gasteiger partial charge in [-0.1, -0.05) is 38.1 Å².